The van der Waals surface area contributed by atoms with Crippen LogP contribution in [-0.4, -0.2) is 33.3 Å². The zero-order valence-electron chi connectivity index (χ0n) is 14.8. The molecule has 142 valence electrons. The van der Waals surface area contributed by atoms with Crippen molar-refractivity contribution in [3.05, 3.63) is 71.2 Å². The quantitative estimate of drug-likeness (QED) is 0.159. The Labute approximate surface area is 174 Å². The van der Waals surface area contributed by atoms with Crippen molar-refractivity contribution in [1.29, 1.82) is 0 Å². The summed E-state index contributed by atoms with van der Waals surface area (Å²) in [6.45, 7) is 4.00. The van der Waals surface area contributed by atoms with Crippen LogP contribution in [0.4, 0.5) is 5.69 Å². The summed E-state index contributed by atoms with van der Waals surface area (Å²) in [5.41, 5.74) is 1.71. The lowest BCUT2D eigenvalue weighted by atomic mass is 10.2. The molecular formula is C20H17BrN4O2S. The summed E-state index contributed by atoms with van der Waals surface area (Å²) in [5.74, 6) is 0.0779. The number of hydrogen-bond donors (Lipinski definition) is 2. The molecule has 2 N–H and O–H groups in total. The zero-order valence-corrected chi connectivity index (χ0v) is 17.2. The smallest absolute Gasteiger partial charge is 0.218 e. The van der Waals surface area contributed by atoms with E-state index in [2.05, 4.69) is 42.7 Å². The number of benzene rings is 2. The van der Waals surface area contributed by atoms with Gasteiger partial charge in [-0.1, -0.05) is 64.1 Å². The first-order valence-electron chi connectivity index (χ1n) is 8.37. The Bertz CT molecular complexity index is 1060. The maximum absolute atomic E-state index is 12.4. The molecule has 0 atom stereocenters. The molecule has 1 heterocycles. The Morgan fingerprint density at radius 3 is 2.71 bits per heavy atom. The third-order valence-corrected chi connectivity index (χ3v) is 5.15. The molecule has 0 bridgehead atoms. The number of aromatic nitrogens is 1. The number of hydrogen-bond acceptors (Lipinski definition) is 5. The molecule has 6 nitrogen and oxygen atoms in total. The molecule has 2 aromatic carbocycles. The van der Waals surface area contributed by atoms with Crippen molar-refractivity contribution in [3.63, 3.8) is 0 Å². The van der Waals surface area contributed by atoms with E-state index in [1.54, 1.807) is 18.2 Å². The second kappa shape index (κ2) is 9.48. The SMILES string of the molecule is C=CCN=C(N=Nc1c(O)[nH]c2ccccc12)SCC(=O)c1ccc(Br)cc1. The summed E-state index contributed by atoms with van der Waals surface area (Å²) in [6.07, 6.45) is 1.63. The van der Waals surface area contributed by atoms with Gasteiger partial charge in [0.15, 0.2) is 11.5 Å². The maximum atomic E-state index is 12.4. The number of nitrogens with zero attached hydrogens (tertiary/aromatic N) is 3. The van der Waals surface area contributed by atoms with Crippen molar-refractivity contribution in [3.8, 4) is 5.88 Å². The molecule has 0 fully saturated rings. The number of aromatic hydroxyl groups is 1. The van der Waals surface area contributed by atoms with E-state index in [0.29, 0.717) is 23.0 Å². The van der Waals surface area contributed by atoms with Crippen LogP contribution in [0.1, 0.15) is 10.4 Å². The molecule has 0 saturated heterocycles. The lowest BCUT2D eigenvalue weighted by Crippen LogP contribution is -2.04. The van der Waals surface area contributed by atoms with Crippen molar-refractivity contribution in [2.24, 2.45) is 15.2 Å². The second-order valence-electron chi connectivity index (χ2n) is 5.70. The van der Waals surface area contributed by atoms with E-state index in [9.17, 15) is 9.90 Å². The Morgan fingerprint density at radius 1 is 1.21 bits per heavy atom. The van der Waals surface area contributed by atoms with Crippen LogP contribution in [0.15, 0.2) is 80.9 Å². The van der Waals surface area contributed by atoms with Crippen LogP contribution in [0.25, 0.3) is 10.9 Å². The third kappa shape index (κ3) is 4.96. The van der Waals surface area contributed by atoms with Crippen molar-refractivity contribution in [1.82, 2.24) is 4.98 Å². The van der Waals surface area contributed by atoms with Gasteiger partial charge in [0, 0.05) is 15.4 Å². The van der Waals surface area contributed by atoms with Gasteiger partial charge in [0.25, 0.3) is 0 Å². The molecule has 3 aromatic rings. The van der Waals surface area contributed by atoms with Crippen molar-refractivity contribution in [2.45, 2.75) is 0 Å². The number of nitrogens with one attached hydrogen (secondary N) is 1. The van der Waals surface area contributed by atoms with E-state index < -0.39 is 0 Å². The van der Waals surface area contributed by atoms with Crippen LogP contribution in [0.2, 0.25) is 0 Å². The molecule has 0 radical (unpaired) electrons. The van der Waals surface area contributed by atoms with Crippen LogP contribution in [0.5, 0.6) is 5.88 Å². The van der Waals surface area contributed by atoms with Crippen LogP contribution in [0, 0.1) is 0 Å². The molecule has 0 aliphatic rings. The Morgan fingerprint density at radius 2 is 1.96 bits per heavy atom. The maximum Gasteiger partial charge on any atom is 0.218 e. The first-order chi connectivity index (χ1) is 13.6. The lowest BCUT2D eigenvalue weighted by molar-refractivity contribution is 0.102. The first-order valence-corrected chi connectivity index (χ1v) is 10.1. The van der Waals surface area contributed by atoms with Gasteiger partial charge in [-0.15, -0.1) is 16.8 Å². The number of carbonyl (C=O) groups excluding carboxylic acids is 1. The van der Waals surface area contributed by atoms with E-state index >= 15 is 0 Å². The van der Waals surface area contributed by atoms with Gasteiger partial charge < -0.3 is 10.1 Å². The van der Waals surface area contributed by atoms with Crippen molar-refractivity contribution < 1.29 is 9.90 Å². The molecule has 0 aliphatic heterocycles. The van der Waals surface area contributed by atoms with Gasteiger partial charge in [0.2, 0.25) is 11.0 Å². The predicted octanol–water partition coefficient (Wildman–Crippen LogP) is 5.88. The summed E-state index contributed by atoms with van der Waals surface area (Å²) in [4.78, 5) is 19.5. The van der Waals surface area contributed by atoms with Gasteiger partial charge in [-0.3, -0.25) is 9.79 Å². The highest BCUT2D eigenvalue weighted by Crippen LogP contribution is 2.35. The fourth-order valence-electron chi connectivity index (χ4n) is 2.40. The topological polar surface area (TPSA) is 90.2 Å². The highest BCUT2D eigenvalue weighted by Gasteiger charge is 2.12. The summed E-state index contributed by atoms with van der Waals surface area (Å²) in [5, 5.41) is 19.5. The summed E-state index contributed by atoms with van der Waals surface area (Å²) >= 11 is 4.54. The van der Waals surface area contributed by atoms with Crippen molar-refractivity contribution in [2.75, 3.05) is 12.3 Å². The fourth-order valence-corrected chi connectivity index (χ4v) is 3.36. The van der Waals surface area contributed by atoms with E-state index in [1.807, 2.05) is 36.4 Å². The minimum absolute atomic E-state index is 0.0334. The van der Waals surface area contributed by atoms with Gasteiger partial charge in [0.05, 0.1) is 17.8 Å². The number of azo groups is 1. The Kier molecular flexibility index (Phi) is 6.78. The highest BCUT2D eigenvalue weighted by atomic mass is 79.9. The largest absolute Gasteiger partial charge is 0.493 e. The average molecular weight is 457 g/mol. The standard InChI is InChI=1S/C20H17BrN4O2S/c1-2-11-22-20(28-12-17(26)13-7-9-14(21)10-8-13)25-24-18-15-5-3-4-6-16(15)23-19(18)27/h2-10,23,27H,1,11-12H2. The fraction of sp³-hybridized carbons (Fsp3) is 0.100. The number of thioether (sulfide) groups is 1. The number of ketones is 1. The molecule has 0 aliphatic carbocycles. The summed E-state index contributed by atoms with van der Waals surface area (Å²) in [7, 11) is 0. The molecule has 1 aromatic heterocycles. The number of Topliss-reactive ketones (excluding diaryl/α,β-unsaturated/α-hetero) is 1. The number of aliphatic imine (C=N–C) groups is 1. The van der Waals surface area contributed by atoms with Crippen LogP contribution in [0.3, 0.4) is 0 Å². The average Bonchev–Trinajstić information content (AvgIpc) is 3.02. The monoisotopic (exact) mass is 456 g/mol. The predicted molar refractivity (Wildman–Crippen MR) is 118 cm³/mol. The van der Waals surface area contributed by atoms with E-state index in [4.69, 9.17) is 0 Å². The number of H-pyrrole nitrogens is 1. The number of halogens is 1. The van der Waals surface area contributed by atoms with Crippen LogP contribution in [-0.2, 0) is 0 Å². The molecule has 3 rings (SSSR count). The van der Waals surface area contributed by atoms with Gasteiger partial charge >= 0.3 is 0 Å². The number of amidine groups is 1. The number of rotatable bonds is 6. The van der Waals surface area contributed by atoms with Crippen LogP contribution < -0.4 is 0 Å². The summed E-state index contributed by atoms with van der Waals surface area (Å²) < 4.78 is 0.914. The lowest BCUT2D eigenvalue weighted by Gasteiger charge is -2.01. The van der Waals surface area contributed by atoms with Gasteiger partial charge in [-0.05, 0) is 18.2 Å². The van der Waals surface area contributed by atoms with Crippen LogP contribution >= 0.6 is 27.7 Å². The Hall–Kier alpha value is -2.71. The minimum atomic E-state index is -0.0658. The van der Waals surface area contributed by atoms with E-state index in [0.717, 1.165) is 15.4 Å². The zero-order chi connectivity index (χ0) is 19.9. The minimum Gasteiger partial charge on any atom is -0.493 e. The number of para-hydroxylation sites is 1. The Balaban J connectivity index is 1.75. The molecule has 0 saturated carbocycles. The molecule has 28 heavy (non-hydrogen) atoms. The third-order valence-electron chi connectivity index (χ3n) is 3.75. The number of fused-ring (bicyclic) bond motifs is 1. The summed E-state index contributed by atoms with van der Waals surface area (Å²) in [6, 6.07) is 14.6. The second-order valence-corrected chi connectivity index (χ2v) is 7.56. The molecule has 0 spiro atoms. The van der Waals surface area contributed by atoms with E-state index in [1.165, 1.54) is 11.8 Å². The first kappa shape index (κ1) is 20.0. The number of aromatic amines is 1. The van der Waals surface area contributed by atoms with Gasteiger partial charge in [0.1, 0.15) is 0 Å². The van der Waals surface area contributed by atoms with E-state index in [-0.39, 0.29) is 17.4 Å². The van der Waals surface area contributed by atoms with Crippen molar-refractivity contribution >= 4 is 55.2 Å². The van der Waals surface area contributed by atoms with Gasteiger partial charge in [-0.2, -0.15) is 0 Å². The normalized spacial score (nSPS) is 12.0. The number of carbonyl (C=O) groups is 1. The molecule has 0 amide bonds. The molecule has 0 unspecified atom stereocenters. The molecular weight excluding hydrogens is 440 g/mol. The molecule has 8 heteroatoms. The highest BCUT2D eigenvalue weighted by molar-refractivity contribution is 9.10. The van der Waals surface area contributed by atoms with Gasteiger partial charge in [-0.25, -0.2) is 0 Å².